The second-order valence-electron chi connectivity index (χ2n) is 17.7. The Balaban J connectivity index is 1.19. The van der Waals surface area contributed by atoms with Crippen molar-refractivity contribution in [3.8, 4) is 11.8 Å². The highest BCUT2D eigenvalue weighted by Crippen LogP contribution is 2.43. The summed E-state index contributed by atoms with van der Waals surface area (Å²) in [6.45, 7) is 22.6. The van der Waals surface area contributed by atoms with Gasteiger partial charge in [0, 0.05) is 12.0 Å². The summed E-state index contributed by atoms with van der Waals surface area (Å²) in [4.78, 5) is 38.4. The largest absolute Gasteiger partial charge is 0.414 e. The average Bonchev–Trinajstić information content (AvgIpc) is 3.67. The van der Waals surface area contributed by atoms with Gasteiger partial charge in [-0.05, 0) is 80.6 Å². The first kappa shape index (κ1) is 38.7. The Morgan fingerprint density at radius 2 is 1.58 bits per heavy atom. The van der Waals surface area contributed by atoms with E-state index in [-0.39, 0.29) is 57.7 Å². The van der Waals surface area contributed by atoms with Gasteiger partial charge in [-0.3, -0.25) is 19.1 Å². The van der Waals surface area contributed by atoms with E-state index in [4.69, 9.17) is 19.3 Å². The molecule has 1 amide bonds. The number of hydrogen-bond donors (Lipinski definition) is 3. The molecule has 288 valence electrons. The van der Waals surface area contributed by atoms with Crippen molar-refractivity contribution in [2.45, 2.75) is 103 Å². The number of aromatic nitrogens is 4. The van der Waals surface area contributed by atoms with Crippen LogP contribution in [0.15, 0.2) is 59.4 Å². The fourth-order valence-electron chi connectivity index (χ4n) is 6.83. The fourth-order valence-corrected chi connectivity index (χ4v) is 9.20. The maximum atomic E-state index is 13.6. The molecule has 0 bridgehead atoms. The molecule has 0 radical (unpaired) electrons. The van der Waals surface area contributed by atoms with Gasteiger partial charge in [0.15, 0.2) is 33.6 Å². The van der Waals surface area contributed by atoms with E-state index in [9.17, 15) is 9.59 Å². The maximum Gasteiger partial charge on any atom is 0.280 e. The molecule has 0 unspecified atom stereocenters. The number of ether oxygens (including phenoxy) is 1. The van der Waals surface area contributed by atoms with Gasteiger partial charge in [-0.25, -0.2) is 4.98 Å². The van der Waals surface area contributed by atoms with E-state index in [1.165, 1.54) is 0 Å². The topological polar surface area (TPSA) is 146 Å². The Morgan fingerprint density at radius 1 is 0.945 bits per heavy atom. The summed E-state index contributed by atoms with van der Waals surface area (Å²) >= 11 is 0. The molecule has 1 aliphatic rings. The molecule has 11 nitrogen and oxygen atoms in total. The van der Waals surface area contributed by atoms with Crippen LogP contribution < -0.4 is 16.6 Å². The van der Waals surface area contributed by atoms with Gasteiger partial charge in [-0.15, -0.1) is 0 Å². The SMILES string of the molecule is CC(C)(C)[Si](C)(C)OC[C@H]1O[C@@H](n2c(C#CCNC(=O)c3ccc4ccc5cccc6ccc3c4c56)nc3c(=O)[nH]c(N)nc32)C[C@@H]1O[Si](C)(C)C(C)(C)C. The molecule has 1 fully saturated rings. The number of hydrogen-bond acceptors (Lipinski definition) is 8. The number of nitrogens with one attached hydrogen (secondary N) is 2. The number of nitrogens with zero attached hydrogens (tertiary/aromatic N) is 3. The predicted molar refractivity (Wildman–Crippen MR) is 226 cm³/mol. The number of benzene rings is 4. The second kappa shape index (κ2) is 13.9. The van der Waals surface area contributed by atoms with Crippen molar-refractivity contribution in [2.24, 2.45) is 0 Å². The van der Waals surface area contributed by atoms with Crippen LogP contribution >= 0.6 is 0 Å². The van der Waals surface area contributed by atoms with Crippen LogP contribution in [0.5, 0.6) is 0 Å². The molecule has 1 aliphatic heterocycles. The second-order valence-corrected chi connectivity index (χ2v) is 27.3. The summed E-state index contributed by atoms with van der Waals surface area (Å²) < 4.78 is 22.2. The summed E-state index contributed by atoms with van der Waals surface area (Å²) in [6.07, 6.45) is -0.802. The van der Waals surface area contributed by atoms with E-state index in [1.807, 2.05) is 24.3 Å². The molecule has 2 aromatic heterocycles. The average molecular weight is 777 g/mol. The van der Waals surface area contributed by atoms with Crippen LogP contribution in [0.3, 0.4) is 0 Å². The Labute approximate surface area is 323 Å². The Kier molecular flexibility index (Phi) is 9.75. The van der Waals surface area contributed by atoms with Gasteiger partial charge in [-0.2, -0.15) is 4.98 Å². The first-order chi connectivity index (χ1) is 25.8. The zero-order valence-corrected chi connectivity index (χ0v) is 35.5. The zero-order valence-electron chi connectivity index (χ0n) is 33.5. The van der Waals surface area contributed by atoms with Gasteiger partial charge >= 0.3 is 0 Å². The van der Waals surface area contributed by atoms with Crippen LogP contribution in [0.1, 0.15) is 70.4 Å². The molecular formula is C42H52N6O5Si2. The first-order valence-corrected chi connectivity index (χ1v) is 24.8. The van der Waals surface area contributed by atoms with Crippen molar-refractivity contribution in [3.05, 3.63) is 76.3 Å². The lowest BCUT2D eigenvalue weighted by molar-refractivity contribution is -0.0386. The van der Waals surface area contributed by atoms with Crippen LogP contribution in [0, 0.1) is 11.8 Å². The summed E-state index contributed by atoms with van der Waals surface area (Å²) in [5.41, 5.74) is 6.52. The van der Waals surface area contributed by atoms with E-state index in [0.29, 0.717) is 18.6 Å². The van der Waals surface area contributed by atoms with Crippen molar-refractivity contribution in [1.82, 2.24) is 24.8 Å². The third-order valence-corrected chi connectivity index (χ3v) is 21.0. The van der Waals surface area contributed by atoms with Gasteiger partial charge in [0.05, 0.1) is 19.3 Å². The Hall–Kier alpha value is -4.59. The maximum absolute atomic E-state index is 13.6. The lowest BCUT2D eigenvalue weighted by Gasteiger charge is -2.40. The third-order valence-electron chi connectivity index (χ3n) is 12.0. The minimum absolute atomic E-state index is 0.0158. The van der Waals surface area contributed by atoms with Crippen LogP contribution in [-0.2, 0) is 13.6 Å². The molecule has 0 saturated carbocycles. The number of anilines is 1. The molecule has 6 aromatic rings. The lowest BCUT2D eigenvalue weighted by Crippen LogP contribution is -2.48. The number of imidazole rings is 1. The predicted octanol–water partition coefficient (Wildman–Crippen LogP) is 8.08. The summed E-state index contributed by atoms with van der Waals surface area (Å²) in [6, 6.07) is 18.4. The van der Waals surface area contributed by atoms with Gasteiger partial charge in [0.2, 0.25) is 5.95 Å². The molecular weight excluding hydrogens is 725 g/mol. The highest BCUT2D eigenvalue weighted by molar-refractivity contribution is 6.74. The highest BCUT2D eigenvalue weighted by Gasteiger charge is 2.47. The number of carbonyl (C=O) groups excluding carboxylic acids is 1. The zero-order chi connectivity index (χ0) is 39.7. The molecule has 4 N–H and O–H groups in total. The Bertz CT molecular complexity index is 2540. The molecule has 4 aromatic carbocycles. The molecule has 0 aliphatic carbocycles. The van der Waals surface area contributed by atoms with Crippen LogP contribution in [0.25, 0.3) is 43.5 Å². The summed E-state index contributed by atoms with van der Waals surface area (Å²) in [7, 11) is -4.35. The quantitative estimate of drug-likeness (QED) is 0.0799. The number of nitrogen functional groups attached to an aromatic ring is 1. The molecule has 13 heteroatoms. The molecule has 3 atom stereocenters. The monoisotopic (exact) mass is 776 g/mol. The van der Waals surface area contributed by atoms with E-state index in [1.54, 1.807) is 4.57 Å². The summed E-state index contributed by atoms with van der Waals surface area (Å²) in [5, 5.41) is 9.41. The van der Waals surface area contributed by atoms with Crippen LogP contribution in [0.4, 0.5) is 5.95 Å². The first-order valence-electron chi connectivity index (χ1n) is 18.9. The molecule has 0 spiro atoms. The van der Waals surface area contributed by atoms with E-state index < -0.39 is 28.4 Å². The number of fused-ring (bicyclic) bond motifs is 1. The number of nitrogens with two attached hydrogens (primary N) is 1. The normalized spacial score (nSPS) is 18.4. The highest BCUT2D eigenvalue weighted by atomic mass is 28.4. The van der Waals surface area contributed by atoms with Crippen LogP contribution in [-0.4, -0.2) is 67.4 Å². The minimum Gasteiger partial charge on any atom is -0.414 e. The number of aromatic amines is 1. The molecule has 3 heterocycles. The number of rotatable bonds is 8. The number of carbonyl (C=O) groups is 1. The summed E-state index contributed by atoms with van der Waals surface area (Å²) in [5.74, 6) is 6.17. The standard InChI is InChI=1S/C42H52N6O5Si2/c1-41(2,3)54(7,8)51-24-31-30(53-55(9,10)42(4,5)6)23-33(52-31)48-32(45-36-37(48)46-40(43)47-39(36)50)15-12-22-44-38(49)29-21-19-27-17-16-25-13-11-14-26-18-20-28(29)35(27)34(25)26/h11,13-14,16-21,30-31,33H,22-24H2,1-10H3,(H,44,49)(H3,43,46,47,50)/t30-,31+,33+/m0/s1. The van der Waals surface area contributed by atoms with Gasteiger partial charge < -0.3 is 24.6 Å². The van der Waals surface area contributed by atoms with Crippen LogP contribution in [0.2, 0.25) is 36.3 Å². The van der Waals surface area contributed by atoms with Gasteiger partial charge in [0.1, 0.15) is 12.3 Å². The number of amides is 1. The Morgan fingerprint density at radius 3 is 2.25 bits per heavy atom. The third kappa shape index (κ3) is 7.18. The number of H-pyrrole nitrogens is 1. The van der Waals surface area contributed by atoms with Crippen molar-refractivity contribution in [2.75, 3.05) is 18.9 Å². The van der Waals surface area contributed by atoms with Crippen molar-refractivity contribution in [3.63, 3.8) is 0 Å². The van der Waals surface area contributed by atoms with Crippen molar-refractivity contribution >= 4 is 72.0 Å². The van der Waals surface area contributed by atoms with Crippen molar-refractivity contribution in [1.29, 1.82) is 0 Å². The molecule has 55 heavy (non-hydrogen) atoms. The molecule has 1 saturated heterocycles. The van der Waals surface area contributed by atoms with E-state index in [0.717, 1.165) is 32.3 Å². The van der Waals surface area contributed by atoms with Crippen molar-refractivity contribution < 1.29 is 18.4 Å². The lowest BCUT2D eigenvalue weighted by atomic mass is 9.92. The molecule has 7 rings (SSSR count). The van der Waals surface area contributed by atoms with Gasteiger partial charge in [-0.1, -0.05) is 96.0 Å². The van der Waals surface area contributed by atoms with E-state index >= 15 is 0 Å². The minimum atomic E-state index is -2.23. The smallest absolute Gasteiger partial charge is 0.280 e. The van der Waals surface area contributed by atoms with Gasteiger partial charge in [0.25, 0.3) is 11.5 Å². The fraction of sp³-hybridized carbons (Fsp3) is 0.429. The van der Waals surface area contributed by atoms with E-state index in [2.05, 4.69) is 130 Å².